The summed E-state index contributed by atoms with van der Waals surface area (Å²) in [5, 5.41) is 4.86. The number of aromatic nitrogens is 2. The molecule has 0 saturated carbocycles. The van der Waals surface area contributed by atoms with Gasteiger partial charge in [-0.25, -0.2) is 0 Å². The molecular formula is C13H10N2O. The number of H-pyrrole nitrogens is 1. The summed E-state index contributed by atoms with van der Waals surface area (Å²) in [6.45, 7) is 0. The van der Waals surface area contributed by atoms with Crippen LogP contribution in [-0.2, 0) is 0 Å². The molecule has 3 heteroatoms. The van der Waals surface area contributed by atoms with Crippen LogP contribution in [0.1, 0.15) is 11.3 Å². The van der Waals surface area contributed by atoms with Crippen LogP contribution in [0.4, 0.5) is 0 Å². The number of benzene rings is 1. The Kier molecular flexibility index (Phi) is 2.07. The average molecular weight is 210 g/mol. The zero-order valence-corrected chi connectivity index (χ0v) is 8.55. The van der Waals surface area contributed by atoms with Gasteiger partial charge in [0.05, 0.1) is 6.20 Å². The number of para-hydroxylation sites is 1. The minimum atomic E-state index is 0.957. The summed E-state index contributed by atoms with van der Waals surface area (Å²) in [6, 6.07) is 10.3. The van der Waals surface area contributed by atoms with E-state index in [1.54, 1.807) is 12.5 Å². The molecule has 2 heterocycles. The predicted molar refractivity (Wildman–Crippen MR) is 63.7 cm³/mol. The van der Waals surface area contributed by atoms with Crippen LogP contribution in [0.25, 0.3) is 23.1 Å². The molecule has 0 amide bonds. The van der Waals surface area contributed by atoms with E-state index in [1.807, 2.05) is 24.3 Å². The first-order valence-corrected chi connectivity index (χ1v) is 5.07. The average Bonchev–Trinajstić information content (AvgIpc) is 2.95. The van der Waals surface area contributed by atoms with Crippen molar-refractivity contribution in [2.24, 2.45) is 0 Å². The molecular weight excluding hydrogens is 200 g/mol. The minimum Gasteiger partial charge on any atom is -0.364 e. The fourth-order valence-electron chi connectivity index (χ4n) is 1.67. The second-order valence-corrected chi connectivity index (χ2v) is 3.60. The first kappa shape index (κ1) is 8.97. The number of hydrogen-bond donors (Lipinski definition) is 1. The van der Waals surface area contributed by atoms with Gasteiger partial charge in [0.1, 0.15) is 6.26 Å². The molecule has 2 aromatic heterocycles. The standard InChI is InChI=1S/C13H10N2O/c1-2-4-13-11(3-1)7-12(15-13)6-5-10-8-14-16-9-10/h1-9,15H. The summed E-state index contributed by atoms with van der Waals surface area (Å²) in [5.41, 5.74) is 3.17. The van der Waals surface area contributed by atoms with Crippen molar-refractivity contribution in [2.45, 2.75) is 0 Å². The van der Waals surface area contributed by atoms with Gasteiger partial charge in [0.25, 0.3) is 0 Å². The Morgan fingerprint density at radius 2 is 2.12 bits per heavy atom. The lowest BCUT2D eigenvalue weighted by Crippen LogP contribution is -1.68. The molecule has 3 nitrogen and oxygen atoms in total. The van der Waals surface area contributed by atoms with Crippen molar-refractivity contribution in [3.05, 3.63) is 54.0 Å². The van der Waals surface area contributed by atoms with Crippen molar-refractivity contribution in [3.8, 4) is 0 Å². The van der Waals surface area contributed by atoms with Crippen molar-refractivity contribution in [1.82, 2.24) is 10.1 Å². The number of nitrogens with one attached hydrogen (secondary N) is 1. The number of aromatic amines is 1. The number of hydrogen-bond acceptors (Lipinski definition) is 2. The molecule has 0 bridgehead atoms. The summed E-state index contributed by atoms with van der Waals surface area (Å²) in [4.78, 5) is 3.32. The predicted octanol–water partition coefficient (Wildman–Crippen LogP) is 3.33. The molecule has 1 N–H and O–H groups in total. The molecule has 0 radical (unpaired) electrons. The lowest BCUT2D eigenvalue weighted by Gasteiger charge is -1.84. The molecule has 1 aromatic carbocycles. The maximum atomic E-state index is 4.75. The fourth-order valence-corrected chi connectivity index (χ4v) is 1.67. The van der Waals surface area contributed by atoms with Crippen LogP contribution in [0.3, 0.4) is 0 Å². The highest BCUT2D eigenvalue weighted by molar-refractivity contribution is 5.84. The highest BCUT2D eigenvalue weighted by Gasteiger charge is 1.96. The van der Waals surface area contributed by atoms with Crippen molar-refractivity contribution >= 4 is 23.1 Å². The zero-order chi connectivity index (χ0) is 10.8. The minimum absolute atomic E-state index is 0.957. The topological polar surface area (TPSA) is 41.8 Å². The molecule has 0 aliphatic carbocycles. The first-order valence-electron chi connectivity index (χ1n) is 5.07. The molecule has 0 fully saturated rings. The van der Waals surface area contributed by atoms with E-state index in [0.717, 1.165) is 16.8 Å². The lowest BCUT2D eigenvalue weighted by molar-refractivity contribution is 0.419. The summed E-state index contributed by atoms with van der Waals surface area (Å²) in [7, 11) is 0. The molecule has 0 unspecified atom stereocenters. The van der Waals surface area contributed by atoms with Crippen molar-refractivity contribution < 1.29 is 4.52 Å². The highest BCUT2D eigenvalue weighted by atomic mass is 16.5. The third kappa shape index (κ3) is 1.63. The van der Waals surface area contributed by atoms with Gasteiger partial charge in [0.2, 0.25) is 0 Å². The van der Waals surface area contributed by atoms with Crippen LogP contribution in [0.2, 0.25) is 0 Å². The number of rotatable bonds is 2. The summed E-state index contributed by atoms with van der Waals surface area (Å²) in [6.07, 6.45) is 7.26. The van der Waals surface area contributed by atoms with E-state index in [4.69, 9.17) is 4.52 Å². The molecule has 0 aliphatic rings. The van der Waals surface area contributed by atoms with Crippen molar-refractivity contribution in [3.63, 3.8) is 0 Å². The van der Waals surface area contributed by atoms with E-state index < -0.39 is 0 Å². The third-order valence-electron chi connectivity index (χ3n) is 2.46. The van der Waals surface area contributed by atoms with Gasteiger partial charge < -0.3 is 9.51 Å². The fraction of sp³-hybridized carbons (Fsp3) is 0. The van der Waals surface area contributed by atoms with Crippen LogP contribution in [0.15, 0.2) is 47.3 Å². The van der Waals surface area contributed by atoms with Gasteiger partial charge in [0.15, 0.2) is 0 Å². The Morgan fingerprint density at radius 3 is 2.94 bits per heavy atom. The SMILES string of the molecule is C(=Cc1cc2ccccc2[nH]1)c1cnoc1. The Labute approximate surface area is 92.4 Å². The second kappa shape index (κ2) is 3.70. The van der Waals surface area contributed by atoms with Crippen LogP contribution in [-0.4, -0.2) is 10.1 Å². The van der Waals surface area contributed by atoms with Gasteiger partial charge in [-0.2, -0.15) is 0 Å². The monoisotopic (exact) mass is 210 g/mol. The molecule has 3 aromatic rings. The van der Waals surface area contributed by atoms with Gasteiger partial charge >= 0.3 is 0 Å². The van der Waals surface area contributed by atoms with Gasteiger partial charge in [0, 0.05) is 16.8 Å². The molecule has 16 heavy (non-hydrogen) atoms. The Hall–Kier alpha value is -2.29. The van der Waals surface area contributed by atoms with E-state index in [0.29, 0.717) is 0 Å². The molecule has 0 atom stereocenters. The van der Waals surface area contributed by atoms with Crippen LogP contribution in [0.5, 0.6) is 0 Å². The van der Waals surface area contributed by atoms with Crippen LogP contribution in [0, 0.1) is 0 Å². The summed E-state index contributed by atoms with van der Waals surface area (Å²) in [5.74, 6) is 0. The number of fused-ring (bicyclic) bond motifs is 1. The van der Waals surface area contributed by atoms with E-state index in [2.05, 4.69) is 28.3 Å². The molecule has 0 spiro atoms. The van der Waals surface area contributed by atoms with Crippen molar-refractivity contribution in [2.75, 3.05) is 0 Å². The molecule has 3 rings (SSSR count). The van der Waals surface area contributed by atoms with Gasteiger partial charge in [-0.1, -0.05) is 23.4 Å². The maximum Gasteiger partial charge on any atom is 0.131 e. The zero-order valence-electron chi connectivity index (χ0n) is 8.55. The van der Waals surface area contributed by atoms with Crippen molar-refractivity contribution in [1.29, 1.82) is 0 Å². The highest BCUT2D eigenvalue weighted by Crippen LogP contribution is 2.16. The quantitative estimate of drug-likeness (QED) is 0.704. The van der Waals surface area contributed by atoms with Gasteiger partial charge in [-0.05, 0) is 29.7 Å². The van der Waals surface area contributed by atoms with E-state index in [-0.39, 0.29) is 0 Å². The maximum absolute atomic E-state index is 4.75. The smallest absolute Gasteiger partial charge is 0.131 e. The summed E-state index contributed by atoms with van der Waals surface area (Å²) < 4.78 is 4.75. The second-order valence-electron chi connectivity index (χ2n) is 3.60. The Morgan fingerprint density at radius 1 is 1.19 bits per heavy atom. The van der Waals surface area contributed by atoms with Gasteiger partial charge in [-0.15, -0.1) is 0 Å². The first-order chi connectivity index (χ1) is 7.92. The summed E-state index contributed by atoms with van der Waals surface area (Å²) >= 11 is 0. The molecule has 0 aliphatic heterocycles. The largest absolute Gasteiger partial charge is 0.364 e. The van der Waals surface area contributed by atoms with E-state index in [9.17, 15) is 0 Å². The Balaban J connectivity index is 1.95. The number of nitrogens with zero attached hydrogens (tertiary/aromatic N) is 1. The van der Waals surface area contributed by atoms with Crippen LogP contribution >= 0.6 is 0 Å². The normalized spacial score (nSPS) is 11.5. The Bertz CT molecular complexity index is 587. The van der Waals surface area contributed by atoms with E-state index >= 15 is 0 Å². The van der Waals surface area contributed by atoms with E-state index in [1.165, 1.54) is 5.39 Å². The lowest BCUT2D eigenvalue weighted by atomic mass is 10.2. The van der Waals surface area contributed by atoms with Crippen LogP contribution < -0.4 is 0 Å². The third-order valence-corrected chi connectivity index (χ3v) is 2.46. The molecule has 0 saturated heterocycles. The molecule has 78 valence electrons. The van der Waals surface area contributed by atoms with Gasteiger partial charge in [-0.3, -0.25) is 0 Å².